The first-order chi connectivity index (χ1) is 11.7. The third-order valence-electron chi connectivity index (χ3n) is 5.02. The molecule has 0 spiro atoms. The minimum atomic E-state index is 0. The van der Waals surface area contributed by atoms with Gasteiger partial charge in [-0.1, -0.05) is 31.4 Å². The summed E-state index contributed by atoms with van der Waals surface area (Å²) in [5, 5.41) is 3.01. The summed E-state index contributed by atoms with van der Waals surface area (Å²) in [6, 6.07) is 7.92. The topological polar surface area (TPSA) is 70.7 Å². The number of hydrogen-bond donors (Lipinski definition) is 2. The van der Waals surface area contributed by atoms with E-state index in [2.05, 4.69) is 15.2 Å². The van der Waals surface area contributed by atoms with Gasteiger partial charge in [0.25, 0.3) is 0 Å². The molecule has 1 aliphatic heterocycles. The summed E-state index contributed by atoms with van der Waals surface area (Å²) >= 11 is 0. The highest BCUT2D eigenvalue weighted by molar-refractivity contribution is 14.0. The lowest BCUT2D eigenvalue weighted by Crippen LogP contribution is -2.38. The second-order valence-electron chi connectivity index (χ2n) is 6.89. The summed E-state index contributed by atoms with van der Waals surface area (Å²) < 4.78 is 0. The molecule has 2 aliphatic rings. The number of nitrogens with one attached hydrogen (secondary N) is 1. The summed E-state index contributed by atoms with van der Waals surface area (Å²) in [6.45, 7) is 2.56. The van der Waals surface area contributed by atoms with E-state index in [1.54, 1.807) is 0 Å². The number of hydrogen-bond acceptors (Lipinski definition) is 2. The van der Waals surface area contributed by atoms with Crippen LogP contribution in [-0.2, 0) is 11.3 Å². The molecule has 25 heavy (non-hydrogen) atoms. The van der Waals surface area contributed by atoms with E-state index in [0.717, 1.165) is 37.2 Å². The predicted octanol–water partition coefficient (Wildman–Crippen LogP) is 3.73. The van der Waals surface area contributed by atoms with Crippen molar-refractivity contribution in [1.82, 2.24) is 4.90 Å². The molecular weight excluding hydrogens is 427 g/mol. The predicted molar refractivity (Wildman–Crippen MR) is 113 cm³/mol. The largest absolute Gasteiger partial charge is 0.370 e. The number of benzene rings is 1. The summed E-state index contributed by atoms with van der Waals surface area (Å²) in [7, 11) is 0. The molecule has 2 fully saturated rings. The number of amides is 1. The number of likely N-dealkylation sites (tertiary alicyclic amines) is 1. The Hall–Kier alpha value is -1.31. The maximum absolute atomic E-state index is 12.0. The van der Waals surface area contributed by atoms with Crippen LogP contribution in [0.25, 0.3) is 0 Å². The smallest absolute Gasteiger partial charge is 0.227 e. The lowest BCUT2D eigenvalue weighted by atomic mass is 9.85. The van der Waals surface area contributed by atoms with Gasteiger partial charge in [-0.3, -0.25) is 4.79 Å². The van der Waals surface area contributed by atoms with Gasteiger partial charge in [-0.2, -0.15) is 0 Å². The highest BCUT2D eigenvalue weighted by Crippen LogP contribution is 2.27. The van der Waals surface area contributed by atoms with Crippen molar-refractivity contribution in [3.63, 3.8) is 0 Å². The lowest BCUT2D eigenvalue weighted by molar-refractivity contribution is -0.122. The van der Waals surface area contributed by atoms with Gasteiger partial charge in [0.15, 0.2) is 5.96 Å². The van der Waals surface area contributed by atoms with E-state index in [4.69, 9.17) is 5.73 Å². The second-order valence-corrected chi connectivity index (χ2v) is 6.89. The molecule has 0 radical (unpaired) electrons. The van der Waals surface area contributed by atoms with Gasteiger partial charge in [-0.05, 0) is 43.4 Å². The van der Waals surface area contributed by atoms with Crippen LogP contribution in [0.5, 0.6) is 0 Å². The number of carbonyl (C=O) groups excluding carboxylic acids is 1. The highest BCUT2D eigenvalue weighted by Gasteiger charge is 2.25. The van der Waals surface area contributed by atoms with Gasteiger partial charge in [-0.15, -0.1) is 24.0 Å². The minimum absolute atomic E-state index is 0. The first kappa shape index (κ1) is 20.0. The van der Waals surface area contributed by atoms with Crippen LogP contribution in [-0.4, -0.2) is 29.9 Å². The number of halogens is 1. The molecule has 1 saturated heterocycles. The van der Waals surface area contributed by atoms with E-state index in [-0.39, 0.29) is 35.8 Å². The van der Waals surface area contributed by atoms with E-state index in [0.29, 0.717) is 12.5 Å². The van der Waals surface area contributed by atoms with Crippen molar-refractivity contribution in [3.05, 3.63) is 29.8 Å². The van der Waals surface area contributed by atoms with E-state index < -0.39 is 0 Å². The van der Waals surface area contributed by atoms with Crippen LogP contribution in [0, 0.1) is 5.92 Å². The molecule has 3 N–H and O–H groups in total. The van der Waals surface area contributed by atoms with Crippen molar-refractivity contribution in [1.29, 1.82) is 0 Å². The van der Waals surface area contributed by atoms with Crippen molar-refractivity contribution in [2.45, 2.75) is 51.5 Å². The molecule has 1 amide bonds. The third kappa shape index (κ3) is 5.87. The quantitative estimate of drug-likeness (QED) is 0.412. The lowest BCUT2D eigenvalue weighted by Gasteiger charge is -2.24. The summed E-state index contributed by atoms with van der Waals surface area (Å²) in [6.07, 6.45) is 8.16. The Kier molecular flexibility index (Phi) is 7.99. The van der Waals surface area contributed by atoms with Gasteiger partial charge >= 0.3 is 0 Å². The van der Waals surface area contributed by atoms with Crippen LogP contribution >= 0.6 is 24.0 Å². The molecule has 1 heterocycles. The third-order valence-corrected chi connectivity index (χ3v) is 5.02. The molecule has 6 heteroatoms. The molecule has 1 saturated carbocycles. The molecule has 0 atom stereocenters. The Morgan fingerprint density at radius 3 is 2.52 bits per heavy atom. The van der Waals surface area contributed by atoms with E-state index in [1.807, 2.05) is 24.3 Å². The minimum Gasteiger partial charge on any atom is -0.370 e. The molecule has 1 aliphatic carbocycles. The first-order valence-corrected chi connectivity index (χ1v) is 9.17. The van der Waals surface area contributed by atoms with Crippen molar-refractivity contribution < 1.29 is 4.79 Å². The van der Waals surface area contributed by atoms with Crippen LogP contribution in [0.15, 0.2) is 29.3 Å². The van der Waals surface area contributed by atoms with Gasteiger partial charge in [0.1, 0.15) is 0 Å². The van der Waals surface area contributed by atoms with Crippen LogP contribution in [0.4, 0.5) is 5.69 Å². The Morgan fingerprint density at radius 1 is 1.16 bits per heavy atom. The maximum Gasteiger partial charge on any atom is 0.227 e. The fourth-order valence-electron chi connectivity index (χ4n) is 3.23. The van der Waals surface area contributed by atoms with Crippen molar-refractivity contribution in [2.75, 3.05) is 18.4 Å². The zero-order chi connectivity index (χ0) is 16.8. The van der Waals surface area contributed by atoms with E-state index in [9.17, 15) is 4.79 Å². The first-order valence-electron chi connectivity index (χ1n) is 9.17. The maximum atomic E-state index is 12.0. The molecule has 0 aromatic heterocycles. The molecule has 3 rings (SSSR count). The molecule has 0 unspecified atom stereocenters. The number of guanidine groups is 1. The Morgan fingerprint density at radius 2 is 1.88 bits per heavy atom. The SMILES string of the molecule is I.NC(=NCc1cccc(NC(=O)C2CCC2)c1)N1CCCCCC1. The Balaban J connectivity index is 0.00000225. The van der Waals surface area contributed by atoms with Crippen molar-refractivity contribution in [2.24, 2.45) is 16.6 Å². The molecule has 138 valence electrons. The van der Waals surface area contributed by atoms with Gasteiger partial charge < -0.3 is 16.0 Å². The molecule has 5 nitrogen and oxygen atoms in total. The van der Waals surface area contributed by atoms with Crippen molar-refractivity contribution >= 4 is 41.5 Å². The van der Waals surface area contributed by atoms with Gasteiger partial charge in [0.05, 0.1) is 6.54 Å². The Labute approximate surface area is 167 Å². The van der Waals surface area contributed by atoms with Gasteiger partial charge in [0, 0.05) is 24.7 Å². The Bertz CT molecular complexity index is 593. The summed E-state index contributed by atoms with van der Waals surface area (Å²) in [4.78, 5) is 18.8. The van der Waals surface area contributed by atoms with Crippen LogP contribution in [0.3, 0.4) is 0 Å². The highest BCUT2D eigenvalue weighted by atomic mass is 127. The van der Waals surface area contributed by atoms with E-state index >= 15 is 0 Å². The number of rotatable bonds is 4. The number of nitrogens with two attached hydrogens (primary N) is 1. The normalized spacial score (nSPS) is 18.7. The number of carbonyl (C=O) groups is 1. The van der Waals surface area contributed by atoms with Gasteiger partial charge in [0.2, 0.25) is 5.91 Å². The average Bonchev–Trinajstić information content (AvgIpc) is 2.80. The fourth-order valence-corrected chi connectivity index (χ4v) is 3.23. The molecule has 1 aromatic rings. The molecular formula is C19H29IN4O. The van der Waals surface area contributed by atoms with E-state index in [1.165, 1.54) is 32.1 Å². The van der Waals surface area contributed by atoms with Crippen LogP contribution in [0.2, 0.25) is 0 Å². The summed E-state index contributed by atoms with van der Waals surface area (Å²) in [5.74, 6) is 0.983. The van der Waals surface area contributed by atoms with Gasteiger partial charge in [-0.25, -0.2) is 4.99 Å². The summed E-state index contributed by atoms with van der Waals surface area (Å²) in [5.41, 5.74) is 8.08. The number of nitrogens with zero attached hydrogens (tertiary/aromatic N) is 2. The monoisotopic (exact) mass is 456 g/mol. The number of anilines is 1. The number of aliphatic imine (C=N–C) groups is 1. The van der Waals surface area contributed by atoms with Crippen LogP contribution < -0.4 is 11.1 Å². The fraction of sp³-hybridized carbons (Fsp3) is 0.579. The second kappa shape index (κ2) is 9.99. The zero-order valence-electron chi connectivity index (χ0n) is 14.7. The average molecular weight is 456 g/mol. The molecule has 1 aromatic carbocycles. The zero-order valence-corrected chi connectivity index (χ0v) is 17.1. The van der Waals surface area contributed by atoms with Crippen molar-refractivity contribution in [3.8, 4) is 0 Å². The molecule has 0 bridgehead atoms. The standard InChI is InChI=1S/C19H28N4O.HI/c20-19(23-11-3-1-2-4-12-23)21-14-15-7-5-10-17(13-15)22-18(24)16-8-6-9-16;/h5,7,10,13,16H,1-4,6,8-9,11-12,14H2,(H2,20,21)(H,22,24);1H. The van der Waals surface area contributed by atoms with Crippen LogP contribution in [0.1, 0.15) is 50.5 Å².